The van der Waals surface area contributed by atoms with Crippen LogP contribution in [0, 0.1) is 17.3 Å². The molecule has 4 atom stereocenters. The summed E-state index contributed by atoms with van der Waals surface area (Å²) in [6, 6.07) is 0. The number of hydrogen-bond acceptors (Lipinski definition) is 3. The van der Waals surface area contributed by atoms with Gasteiger partial charge in [0.1, 0.15) is 5.78 Å². The molecule has 3 rings (SSSR count). The number of likely N-dealkylation sites (tertiary alicyclic amines) is 1. The molecule has 1 aliphatic heterocycles. The van der Waals surface area contributed by atoms with Crippen molar-refractivity contribution in [3.8, 4) is 0 Å². The fraction of sp³-hybridized carbons (Fsp3) is 0.933. The van der Waals surface area contributed by atoms with E-state index in [4.69, 9.17) is 0 Å². The number of rotatable bonds is 0. The molecule has 3 fully saturated rings. The summed E-state index contributed by atoms with van der Waals surface area (Å²) in [5.41, 5.74) is -0.213. The Balaban J connectivity index is 1.95. The second-order valence-electron chi connectivity index (χ2n) is 6.77. The van der Waals surface area contributed by atoms with Crippen LogP contribution in [0.15, 0.2) is 0 Å². The molecule has 1 N–H and O–H groups in total. The highest BCUT2D eigenvalue weighted by atomic mass is 16.3. The Morgan fingerprint density at radius 3 is 2.89 bits per heavy atom. The van der Waals surface area contributed by atoms with Crippen molar-refractivity contribution in [2.75, 3.05) is 20.1 Å². The van der Waals surface area contributed by atoms with E-state index in [2.05, 4.69) is 11.9 Å². The molecule has 0 bridgehead atoms. The first-order valence-corrected chi connectivity index (χ1v) is 7.53. The summed E-state index contributed by atoms with van der Waals surface area (Å²) in [6.07, 6.45) is 6.95. The van der Waals surface area contributed by atoms with Gasteiger partial charge in [-0.2, -0.15) is 0 Å². The first kappa shape index (κ1) is 12.6. The number of aliphatic hydroxyl groups excluding tert-OH is 1. The minimum Gasteiger partial charge on any atom is -0.393 e. The summed E-state index contributed by atoms with van der Waals surface area (Å²) in [4.78, 5) is 14.9. The molecule has 0 aromatic heterocycles. The first-order chi connectivity index (χ1) is 8.63. The van der Waals surface area contributed by atoms with E-state index in [9.17, 15) is 9.90 Å². The topological polar surface area (TPSA) is 40.5 Å². The average molecular weight is 251 g/mol. The van der Waals surface area contributed by atoms with Crippen LogP contribution in [-0.4, -0.2) is 42.0 Å². The van der Waals surface area contributed by atoms with Crippen molar-refractivity contribution >= 4 is 5.78 Å². The zero-order chi connectivity index (χ0) is 12.8. The zero-order valence-corrected chi connectivity index (χ0v) is 11.4. The van der Waals surface area contributed by atoms with Crippen LogP contribution in [0.4, 0.5) is 0 Å². The maximum absolute atomic E-state index is 12.6. The first-order valence-electron chi connectivity index (χ1n) is 7.53. The van der Waals surface area contributed by atoms with Crippen LogP contribution in [0.5, 0.6) is 0 Å². The highest BCUT2D eigenvalue weighted by molar-refractivity contribution is 5.86. The van der Waals surface area contributed by atoms with Crippen LogP contribution in [0.3, 0.4) is 0 Å². The molecule has 3 aliphatic rings. The van der Waals surface area contributed by atoms with Crippen molar-refractivity contribution < 1.29 is 9.90 Å². The molecule has 102 valence electrons. The predicted octanol–water partition coefficient (Wildman–Crippen LogP) is 1.84. The molecule has 0 aromatic carbocycles. The molecule has 1 heterocycles. The van der Waals surface area contributed by atoms with E-state index in [1.54, 1.807) is 0 Å². The number of aliphatic hydroxyl groups is 1. The minimum absolute atomic E-state index is 0.213. The minimum atomic E-state index is -0.237. The van der Waals surface area contributed by atoms with Crippen LogP contribution < -0.4 is 0 Å². The summed E-state index contributed by atoms with van der Waals surface area (Å²) in [6.45, 7) is 1.95. The Labute approximate surface area is 110 Å². The largest absolute Gasteiger partial charge is 0.393 e. The lowest BCUT2D eigenvalue weighted by Gasteiger charge is -2.55. The summed E-state index contributed by atoms with van der Waals surface area (Å²) < 4.78 is 0. The number of piperidine rings is 1. The van der Waals surface area contributed by atoms with Crippen molar-refractivity contribution in [3.05, 3.63) is 0 Å². The smallest absolute Gasteiger partial charge is 0.140 e. The van der Waals surface area contributed by atoms with Gasteiger partial charge < -0.3 is 10.0 Å². The third-order valence-corrected chi connectivity index (χ3v) is 5.57. The van der Waals surface area contributed by atoms with Crippen LogP contribution in [0.1, 0.15) is 44.9 Å². The molecule has 3 heteroatoms. The Bertz CT molecular complexity index is 343. The molecule has 1 saturated heterocycles. The van der Waals surface area contributed by atoms with E-state index in [1.807, 2.05) is 0 Å². The summed E-state index contributed by atoms with van der Waals surface area (Å²) in [7, 11) is 2.14. The van der Waals surface area contributed by atoms with Gasteiger partial charge in [-0.15, -0.1) is 0 Å². The number of hydrogen-bond donors (Lipinski definition) is 1. The monoisotopic (exact) mass is 251 g/mol. The summed E-state index contributed by atoms with van der Waals surface area (Å²) in [5.74, 6) is 1.22. The van der Waals surface area contributed by atoms with Gasteiger partial charge >= 0.3 is 0 Å². The van der Waals surface area contributed by atoms with Gasteiger partial charge in [-0.3, -0.25) is 4.79 Å². The predicted molar refractivity (Wildman–Crippen MR) is 70.2 cm³/mol. The third kappa shape index (κ3) is 1.83. The molecule has 0 radical (unpaired) electrons. The fourth-order valence-electron chi connectivity index (χ4n) is 4.97. The standard InChI is InChI=1S/C15H25NO2/c1-16-9-11-5-4-6-12(17)14(11)15(10-16)8-3-2-7-13(15)18/h11-12,14,17H,2-10H2,1H3/t11-,12-,14+,15-/m0/s1. The molecule has 18 heavy (non-hydrogen) atoms. The van der Waals surface area contributed by atoms with Gasteiger partial charge in [0.15, 0.2) is 0 Å². The van der Waals surface area contributed by atoms with E-state index >= 15 is 0 Å². The highest BCUT2D eigenvalue weighted by Crippen LogP contribution is 2.51. The lowest BCUT2D eigenvalue weighted by atomic mass is 9.55. The van der Waals surface area contributed by atoms with Gasteiger partial charge in [0, 0.05) is 30.8 Å². The Morgan fingerprint density at radius 2 is 2.11 bits per heavy atom. The molecule has 3 nitrogen and oxygen atoms in total. The van der Waals surface area contributed by atoms with Crippen molar-refractivity contribution in [2.45, 2.75) is 51.0 Å². The van der Waals surface area contributed by atoms with E-state index in [0.29, 0.717) is 11.7 Å². The lowest BCUT2D eigenvalue weighted by molar-refractivity contribution is -0.156. The quantitative estimate of drug-likeness (QED) is 0.714. The Hall–Kier alpha value is -0.410. The van der Waals surface area contributed by atoms with Gasteiger partial charge in [0.25, 0.3) is 0 Å². The molecular formula is C15H25NO2. The maximum atomic E-state index is 12.6. The van der Waals surface area contributed by atoms with Crippen molar-refractivity contribution in [2.24, 2.45) is 17.3 Å². The normalized spacial score (nSPS) is 46.1. The fourth-order valence-corrected chi connectivity index (χ4v) is 4.97. The second kappa shape index (κ2) is 4.61. The molecule has 0 aromatic rings. The number of carbonyl (C=O) groups excluding carboxylic acids is 1. The lowest BCUT2D eigenvalue weighted by Crippen LogP contribution is -2.61. The van der Waals surface area contributed by atoms with Crippen LogP contribution >= 0.6 is 0 Å². The highest BCUT2D eigenvalue weighted by Gasteiger charge is 2.55. The number of carbonyl (C=O) groups is 1. The molecule has 2 saturated carbocycles. The second-order valence-corrected chi connectivity index (χ2v) is 6.77. The van der Waals surface area contributed by atoms with E-state index in [-0.39, 0.29) is 17.4 Å². The van der Waals surface area contributed by atoms with Crippen LogP contribution in [0.2, 0.25) is 0 Å². The summed E-state index contributed by atoms with van der Waals surface area (Å²) >= 11 is 0. The maximum Gasteiger partial charge on any atom is 0.140 e. The van der Waals surface area contributed by atoms with Crippen molar-refractivity contribution in [3.63, 3.8) is 0 Å². The van der Waals surface area contributed by atoms with E-state index in [1.165, 1.54) is 6.42 Å². The average Bonchev–Trinajstić information content (AvgIpc) is 2.32. The number of fused-ring (bicyclic) bond motifs is 2. The van der Waals surface area contributed by atoms with Crippen molar-refractivity contribution in [1.82, 2.24) is 4.90 Å². The van der Waals surface area contributed by atoms with Gasteiger partial charge in [-0.1, -0.05) is 12.8 Å². The Kier molecular flexibility index (Phi) is 3.23. The molecular weight excluding hydrogens is 226 g/mol. The summed E-state index contributed by atoms with van der Waals surface area (Å²) in [5, 5.41) is 10.5. The number of ketones is 1. The van der Waals surface area contributed by atoms with Gasteiger partial charge in [-0.25, -0.2) is 0 Å². The molecule has 0 unspecified atom stereocenters. The number of Topliss-reactive ketones (excluding diaryl/α,β-unsaturated/α-hetero) is 1. The SMILES string of the molecule is CN1C[C@@H]2CCC[C@H](O)[C@@H]2[C@@]2(CCCCC2=O)C1. The van der Waals surface area contributed by atoms with E-state index in [0.717, 1.165) is 51.6 Å². The third-order valence-electron chi connectivity index (χ3n) is 5.57. The Morgan fingerprint density at radius 1 is 1.28 bits per heavy atom. The molecule has 1 spiro atoms. The van der Waals surface area contributed by atoms with Crippen LogP contribution in [0.25, 0.3) is 0 Å². The van der Waals surface area contributed by atoms with Crippen LogP contribution in [-0.2, 0) is 4.79 Å². The molecule has 0 amide bonds. The van der Waals surface area contributed by atoms with Gasteiger partial charge in [0.2, 0.25) is 0 Å². The van der Waals surface area contributed by atoms with Gasteiger partial charge in [0.05, 0.1) is 6.10 Å². The van der Waals surface area contributed by atoms with Crippen molar-refractivity contribution in [1.29, 1.82) is 0 Å². The molecule has 2 aliphatic carbocycles. The zero-order valence-electron chi connectivity index (χ0n) is 11.4. The van der Waals surface area contributed by atoms with Gasteiger partial charge in [-0.05, 0) is 38.6 Å². The van der Waals surface area contributed by atoms with E-state index < -0.39 is 0 Å². The number of nitrogens with zero attached hydrogens (tertiary/aromatic N) is 1.